The molecule has 0 unspecified atom stereocenters. The number of aryl methyl sites for hydroxylation is 3. The lowest BCUT2D eigenvalue weighted by atomic mass is 9.95. The Kier molecular flexibility index (Phi) is 8.32. The predicted octanol–water partition coefficient (Wildman–Crippen LogP) is 4.68. The number of benzene rings is 1. The maximum atomic E-state index is 13.4. The molecule has 0 saturated carbocycles. The Bertz CT molecular complexity index is 1150. The molecule has 1 aromatic carbocycles. The smallest absolute Gasteiger partial charge is 0.325 e. The topological polar surface area (TPSA) is 83.0 Å². The first-order valence-electron chi connectivity index (χ1n) is 14.4. The van der Waals surface area contributed by atoms with Crippen LogP contribution in [0.15, 0.2) is 36.4 Å². The summed E-state index contributed by atoms with van der Waals surface area (Å²) in [5, 5.41) is 10.1. The highest BCUT2D eigenvalue weighted by Gasteiger charge is 2.40. The summed E-state index contributed by atoms with van der Waals surface area (Å²) in [7, 11) is 0. The van der Waals surface area contributed by atoms with Crippen molar-refractivity contribution >= 4 is 11.9 Å². The molecule has 7 heteroatoms. The fourth-order valence-electron chi connectivity index (χ4n) is 6.42. The fraction of sp³-hybridized carbons (Fsp3) is 0.581. The first-order valence-corrected chi connectivity index (χ1v) is 14.4. The largest absolute Gasteiger partial charge is 0.491 e. The number of rotatable bonds is 9. The summed E-state index contributed by atoms with van der Waals surface area (Å²) in [6, 6.07) is 11.0. The third-order valence-corrected chi connectivity index (χ3v) is 8.39. The fourth-order valence-corrected chi connectivity index (χ4v) is 6.42. The number of hydrogen-bond acceptors (Lipinski definition) is 5. The predicted molar refractivity (Wildman–Crippen MR) is 146 cm³/mol. The zero-order valence-electron chi connectivity index (χ0n) is 22.8. The maximum Gasteiger partial charge on any atom is 0.325 e. The van der Waals surface area contributed by atoms with Gasteiger partial charge in [0, 0.05) is 43.1 Å². The van der Waals surface area contributed by atoms with Crippen molar-refractivity contribution in [3.63, 3.8) is 0 Å². The third kappa shape index (κ3) is 6.04. The van der Waals surface area contributed by atoms with Gasteiger partial charge in [0.05, 0.1) is 12.0 Å². The second-order valence-electron chi connectivity index (χ2n) is 11.5. The normalized spacial score (nSPS) is 22.4. The van der Waals surface area contributed by atoms with Gasteiger partial charge in [-0.2, -0.15) is 0 Å². The Morgan fingerprint density at radius 3 is 2.68 bits per heavy atom. The number of carboxylic acid groups (broad SMARTS) is 1. The van der Waals surface area contributed by atoms with Crippen molar-refractivity contribution in [1.29, 1.82) is 0 Å². The molecule has 2 fully saturated rings. The average Bonchev–Trinajstić information content (AvgIpc) is 3.58. The van der Waals surface area contributed by atoms with E-state index in [2.05, 4.69) is 12.1 Å². The molecule has 1 N–H and O–H groups in total. The summed E-state index contributed by atoms with van der Waals surface area (Å²) in [6.07, 6.45) is 8.47. The molecule has 38 heavy (non-hydrogen) atoms. The van der Waals surface area contributed by atoms with E-state index in [4.69, 9.17) is 9.72 Å². The number of aromatic nitrogens is 1. The van der Waals surface area contributed by atoms with Crippen LogP contribution in [0, 0.1) is 11.8 Å². The summed E-state index contributed by atoms with van der Waals surface area (Å²) in [4.78, 5) is 34.7. The molecule has 3 atom stereocenters. The van der Waals surface area contributed by atoms with Crippen molar-refractivity contribution in [2.45, 2.75) is 77.4 Å². The molecule has 1 aromatic heterocycles. The second kappa shape index (κ2) is 11.9. The van der Waals surface area contributed by atoms with Crippen molar-refractivity contribution in [1.82, 2.24) is 14.8 Å². The Morgan fingerprint density at radius 2 is 1.87 bits per heavy atom. The van der Waals surface area contributed by atoms with Gasteiger partial charge in [-0.05, 0) is 88.8 Å². The van der Waals surface area contributed by atoms with Gasteiger partial charge in [-0.15, -0.1) is 0 Å². The standard InChI is InChI=1S/C31H41N3O4/c1-21(2)38-28-10-6-4-8-26(28)29(31(36)37)33-18-16-24(20-33)30(35)34-17-15-22(19-34)11-13-25-14-12-23-7-3-5-9-27(23)32-25/h4,6,8,10,12,14,21-22,24,29H,3,5,7,9,11,13,15-20H2,1-2H3,(H,36,37)/t22-,24-,29-/m1/s1. The summed E-state index contributed by atoms with van der Waals surface area (Å²) >= 11 is 0. The molecule has 3 heterocycles. The van der Waals surface area contributed by atoms with E-state index in [0.717, 1.165) is 45.2 Å². The van der Waals surface area contributed by atoms with E-state index in [1.807, 2.05) is 47.9 Å². The van der Waals surface area contributed by atoms with Crippen molar-refractivity contribution in [3.05, 3.63) is 58.9 Å². The molecule has 2 aromatic rings. The molecule has 0 radical (unpaired) electrons. The molecule has 0 bridgehead atoms. The minimum absolute atomic E-state index is 0.0513. The molecule has 7 nitrogen and oxygen atoms in total. The molecule has 3 aliphatic rings. The molecule has 1 aliphatic carbocycles. The Balaban J connectivity index is 1.16. The lowest BCUT2D eigenvalue weighted by Crippen LogP contribution is -2.38. The number of carbonyl (C=O) groups is 2. The van der Waals surface area contributed by atoms with Crippen LogP contribution < -0.4 is 4.74 Å². The lowest BCUT2D eigenvalue weighted by Gasteiger charge is -2.27. The van der Waals surface area contributed by atoms with Crippen LogP contribution in [0.25, 0.3) is 0 Å². The number of aliphatic carboxylic acids is 1. The van der Waals surface area contributed by atoms with Gasteiger partial charge in [0.1, 0.15) is 11.8 Å². The van der Waals surface area contributed by atoms with E-state index >= 15 is 0 Å². The average molecular weight is 520 g/mol. The number of pyridine rings is 1. The van der Waals surface area contributed by atoms with Crippen LogP contribution in [0.1, 0.15) is 74.5 Å². The van der Waals surface area contributed by atoms with Gasteiger partial charge >= 0.3 is 5.97 Å². The number of likely N-dealkylation sites (tertiary alicyclic amines) is 2. The SMILES string of the molecule is CC(C)Oc1ccccc1[C@H](C(=O)O)N1CC[C@@H](C(=O)N2CC[C@@H](CCc3ccc4c(n3)CCCC4)C2)C1. The number of nitrogens with zero attached hydrogens (tertiary/aromatic N) is 3. The first-order chi connectivity index (χ1) is 18.4. The number of para-hydroxylation sites is 1. The zero-order valence-corrected chi connectivity index (χ0v) is 22.8. The van der Waals surface area contributed by atoms with Crippen LogP contribution >= 0.6 is 0 Å². The van der Waals surface area contributed by atoms with Gasteiger partial charge in [0.2, 0.25) is 5.91 Å². The number of amides is 1. The summed E-state index contributed by atoms with van der Waals surface area (Å²) in [5.41, 5.74) is 4.55. The van der Waals surface area contributed by atoms with Crippen molar-refractivity contribution in [3.8, 4) is 5.75 Å². The van der Waals surface area contributed by atoms with Gasteiger partial charge in [0.15, 0.2) is 0 Å². The Labute approximate surface area is 226 Å². The van der Waals surface area contributed by atoms with Gasteiger partial charge < -0.3 is 14.7 Å². The van der Waals surface area contributed by atoms with Gasteiger partial charge in [-0.25, -0.2) is 0 Å². The number of ether oxygens (including phenoxy) is 1. The van der Waals surface area contributed by atoms with Gasteiger partial charge in [-0.3, -0.25) is 19.5 Å². The first kappa shape index (κ1) is 26.7. The summed E-state index contributed by atoms with van der Waals surface area (Å²) < 4.78 is 5.92. The quantitative estimate of drug-likeness (QED) is 0.518. The highest BCUT2D eigenvalue weighted by Crippen LogP contribution is 2.35. The molecule has 2 saturated heterocycles. The lowest BCUT2D eigenvalue weighted by molar-refractivity contribution is -0.144. The van der Waals surface area contributed by atoms with E-state index in [-0.39, 0.29) is 17.9 Å². The van der Waals surface area contributed by atoms with E-state index in [1.54, 1.807) is 0 Å². The van der Waals surface area contributed by atoms with Crippen LogP contribution in [0.3, 0.4) is 0 Å². The number of carboxylic acids is 1. The van der Waals surface area contributed by atoms with Crippen molar-refractivity contribution < 1.29 is 19.4 Å². The molecular formula is C31H41N3O4. The van der Waals surface area contributed by atoms with E-state index in [9.17, 15) is 14.7 Å². The molecule has 0 spiro atoms. The monoisotopic (exact) mass is 519 g/mol. The Hall–Kier alpha value is -2.93. The molecule has 1 amide bonds. The number of carbonyl (C=O) groups excluding carboxylic acids is 1. The van der Waals surface area contributed by atoms with Gasteiger partial charge in [0.25, 0.3) is 0 Å². The van der Waals surface area contributed by atoms with Crippen LogP contribution in [0.5, 0.6) is 5.75 Å². The van der Waals surface area contributed by atoms with Crippen LogP contribution in [-0.2, 0) is 28.9 Å². The zero-order chi connectivity index (χ0) is 26.6. The number of hydrogen-bond donors (Lipinski definition) is 1. The van der Waals surface area contributed by atoms with Crippen LogP contribution in [0.2, 0.25) is 0 Å². The van der Waals surface area contributed by atoms with E-state index < -0.39 is 12.0 Å². The van der Waals surface area contributed by atoms with Crippen molar-refractivity contribution in [2.75, 3.05) is 26.2 Å². The highest BCUT2D eigenvalue weighted by molar-refractivity contribution is 5.80. The van der Waals surface area contributed by atoms with Crippen LogP contribution in [0.4, 0.5) is 0 Å². The van der Waals surface area contributed by atoms with Crippen molar-refractivity contribution in [2.24, 2.45) is 11.8 Å². The highest BCUT2D eigenvalue weighted by atomic mass is 16.5. The minimum Gasteiger partial charge on any atom is -0.491 e. The Morgan fingerprint density at radius 1 is 1.05 bits per heavy atom. The minimum atomic E-state index is -0.907. The summed E-state index contributed by atoms with van der Waals surface area (Å²) in [6.45, 7) is 6.52. The van der Waals surface area contributed by atoms with Gasteiger partial charge in [-0.1, -0.05) is 24.3 Å². The van der Waals surface area contributed by atoms with E-state index in [1.165, 1.54) is 29.8 Å². The number of fused-ring (bicyclic) bond motifs is 1. The molecule has 2 aliphatic heterocycles. The molecular weight excluding hydrogens is 478 g/mol. The van der Waals surface area contributed by atoms with Crippen LogP contribution in [-0.4, -0.2) is 64.0 Å². The third-order valence-electron chi connectivity index (χ3n) is 8.39. The second-order valence-corrected chi connectivity index (χ2v) is 11.5. The maximum absolute atomic E-state index is 13.4. The summed E-state index contributed by atoms with van der Waals surface area (Å²) in [5.74, 6) is 0.213. The molecule has 5 rings (SSSR count). The van der Waals surface area contributed by atoms with E-state index in [0.29, 0.717) is 36.7 Å². The molecule has 204 valence electrons.